The molecule has 0 aromatic carbocycles. The molecule has 0 fully saturated rings. The molecule has 0 unspecified atom stereocenters. The Morgan fingerprint density at radius 2 is 2.18 bits per heavy atom. The van der Waals surface area contributed by atoms with E-state index in [1.54, 1.807) is 0 Å². The third-order valence-corrected chi connectivity index (χ3v) is 1.75. The zero-order valence-electron chi connectivity index (χ0n) is 7.05. The van der Waals surface area contributed by atoms with Crippen molar-refractivity contribution in [2.24, 2.45) is 11.7 Å². The van der Waals surface area contributed by atoms with Crippen molar-refractivity contribution in [1.82, 2.24) is 0 Å². The average Bonchev–Trinajstić information content (AvgIpc) is 1.87. The summed E-state index contributed by atoms with van der Waals surface area (Å²) < 4.78 is 0. The highest BCUT2D eigenvalue weighted by Gasteiger charge is 2.02. The van der Waals surface area contributed by atoms with Crippen LogP contribution in [0, 0.1) is 5.92 Å². The van der Waals surface area contributed by atoms with Gasteiger partial charge >= 0.3 is 5.97 Å². The number of carboxylic acid groups (broad SMARTS) is 1. The molecule has 66 valence electrons. The van der Waals surface area contributed by atoms with Gasteiger partial charge in [-0.25, -0.2) is 0 Å². The van der Waals surface area contributed by atoms with Gasteiger partial charge in [0.05, 0.1) is 0 Å². The second-order valence-corrected chi connectivity index (χ2v) is 2.97. The van der Waals surface area contributed by atoms with Crippen LogP contribution in [0.5, 0.6) is 0 Å². The van der Waals surface area contributed by atoms with Crippen molar-refractivity contribution in [2.75, 3.05) is 6.54 Å². The summed E-state index contributed by atoms with van der Waals surface area (Å²) in [5.41, 5.74) is 5.34. The summed E-state index contributed by atoms with van der Waals surface area (Å²) in [6.45, 7) is 2.81. The predicted octanol–water partition coefficient (Wildman–Crippen LogP) is 1.23. The van der Waals surface area contributed by atoms with Crippen LogP contribution in [0.15, 0.2) is 0 Å². The van der Waals surface area contributed by atoms with Crippen molar-refractivity contribution in [3.8, 4) is 0 Å². The standard InChI is InChI=1S/C8H17NO2/c1-7(5-6-9)3-2-4-8(10)11/h7H,2-6,9H2,1H3,(H,10,11)/t7-/m0/s1. The van der Waals surface area contributed by atoms with Crippen molar-refractivity contribution < 1.29 is 9.90 Å². The lowest BCUT2D eigenvalue weighted by atomic mass is 10.0. The van der Waals surface area contributed by atoms with Crippen LogP contribution in [0.2, 0.25) is 0 Å². The first-order valence-electron chi connectivity index (χ1n) is 4.08. The van der Waals surface area contributed by atoms with Crippen LogP contribution in [0.1, 0.15) is 32.6 Å². The molecule has 0 amide bonds. The van der Waals surface area contributed by atoms with E-state index in [4.69, 9.17) is 10.8 Å². The summed E-state index contributed by atoms with van der Waals surface area (Å²) in [6, 6.07) is 0. The molecule has 3 heteroatoms. The van der Waals surface area contributed by atoms with Gasteiger partial charge in [0.2, 0.25) is 0 Å². The molecule has 0 saturated carbocycles. The summed E-state index contributed by atoms with van der Waals surface area (Å²) >= 11 is 0. The van der Waals surface area contributed by atoms with E-state index >= 15 is 0 Å². The van der Waals surface area contributed by atoms with Gasteiger partial charge in [-0.2, -0.15) is 0 Å². The Morgan fingerprint density at radius 3 is 2.64 bits per heavy atom. The van der Waals surface area contributed by atoms with Crippen molar-refractivity contribution in [1.29, 1.82) is 0 Å². The monoisotopic (exact) mass is 159 g/mol. The lowest BCUT2D eigenvalue weighted by Crippen LogP contribution is -2.06. The van der Waals surface area contributed by atoms with Crippen LogP contribution in [-0.4, -0.2) is 17.6 Å². The lowest BCUT2D eigenvalue weighted by molar-refractivity contribution is -0.137. The van der Waals surface area contributed by atoms with Gasteiger partial charge in [0, 0.05) is 6.42 Å². The van der Waals surface area contributed by atoms with Gasteiger partial charge in [0.1, 0.15) is 0 Å². The van der Waals surface area contributed by atoms with Crippen molar-refractivity contribution in [3.05, 3.63) is 0 Å². The molecule has 0 radical (unpaired) electrons. The van der Waals surface area contributed by atoms with Gasteiger partial charge in [-0.3, -0.25) is 4.79 Å². The third kappa shape index (κ3) is 7.33. The van der Waals surface area contributed by atoms with E-state index in [1.165, 1.54) is 0 Å². The maximum absolute atomic E-state index is 10.1. The van der Waals surface area contributed by atoms with Crippen LogP contribution in [0.3, 0.4) is 0 Å². The third-order valence-electron chi connectivity index (χ3n) is 1.75. The van der Waals surface area contributed by atoms with Gasteiger partial charge in [-0.15, -0.1) is 0 Å². The highest BCUT2D eigenvalue weighted by Crippen LogP contribution is 2.10. The van der Waals surface area contributed by atoms with Crippen LogP contribution in [0.25, 0.3) is 0 Å². The molecule has 0 aliphatic rings. The van der Waals surface area contributed by atoms with Gasteiger partial charge in [-0.1, -0.05) is 13.3 Å². The lowest BCUT2D eigenvalue weighted by Gasteiger charge is -2.07. The molecule has 3 N–H and O–H groups in total. The van der Waals surface area contributed by atoms with E-state index in [-0.39, 0.29) is 6.42 Å². The summed E-state index contributed by atoms with van der Waals surface area (Å²) in [7, 11) is 0. The van der Waals surface area contributed by atoms with Crippen molar-refractivity contribution in [3.63, 3.8) is 0 Å². The van der Waals surface area contributed by atoms with E-state index in [0.29, 0.717) is 12.5 Å². The number of nitrogens with two attached hydrogens (primary N) is 1. The minimum absolute atomic E-state index is 0.287. The molecule has 0 heterocycles. The minimum atomic E-state index is -0.704. The molecule has 0 bridgehead atoms. The van der Waals surface area contributed by atoms with Crippen LogP contribution >= 0.6 is 0 Å². The number of aliphatic carboxylic acids is 1. The molecule has 0 aliphatic carbocycles. The zero-order valence-corrected chi connectivity index (χ0v) is 7.05. The van der Waals surface area contributed by atoms with Gasteiger partial charge in [0.25, 0.3) is 0 Å². The second-order valence-electron chi connectivity index (χ2n) is 2.97. The Hall–Kier alpha value is -0.570. The molecule has 0 spiro atoms. The number of hydrogen-bond acceptors (Lipinski definition) is 2. The van der Waals surface area contributed by atoms with Crippen LogP contribution in [-0.2, 0) is 4.79 Å². The number of carbonyl (C=O) groups is 1. The fourth-order valence-electron chi connectivity index (χ4n) is 1.03. The van der Waals surface area contributed by atoms with Crippen LogP contribution < -0.4 is 5.73 Å². The molecule has 11 heavy (non-hydrogen) atoms. The molecule has 0 aliphatic heterocycles. The number of hydrogen-bond donors (Lipinski definition) is 2. The Kier molecular flexibility index (Phi) is 5.84. The summed E-state index contributed by atoms with van der Waals surface area (Å²) in [4.78, 5) is 10.1. The predicted molar refractivity (Wildman–Crippen MR) is 44.3 cm³/mol. The first kappa shape index (κ1) is 10.4. The normalized spacial score (nSPS) is 12.9. The fraction of sp³-hybridized carbons (Fsp3) is 0.875. The molecule has 0 rings (SSSR count). The number of carboxylic acids is 1. The SMILES string of the molecule is C[C@H](CCN)CCCC(=O)O. The molecule has 0 saturated heterocycles. The van der Waals surface area contributed by atoms with E-state index in [2.05, 4.69) is 6.92 Å². The molecule has 3 nitrogen and oxygen atoms in total. The van der Waals surface area contributed by atoms with Gasteiger partial charge in [-0.05, 0) is 25.3 Å². The first-order chi connectivity index (χ1) is 5.16. The summed E-state index contributed by atoms with van der Waals surface area (Å²) in [5, 5.41) is 8.33. The van der Waals surface area contributed by atoms with Gasteiger partial charge < -0.3 is 10.8 Å². The smallest absolute Gasteiger partial charge is 0.303 e. The molecule has 0 aromatic rings. The van der Waals surface area contributed by atoms with E-state index in [0.717, 1.165) is 19.3 Å². The molecule has 0 aromatic heterocycles. The summed E-state index contributed by atoms with van der Waals surface area (Å²) in [5.74, 6) is -0.135. The fourth-order valence-corrected chi connectivity index (χ4v) is 1.03. The van der Waals surface area contributed by atoms with E-state index in [9.17, 15) is 4.79 Å². The van der Waals surface area contributed by atoms with Crippen molar-refractivity contribution in [2.45, 2.75) is 32.6 Å². The topological polar surface area (TPSA) is 63.3 Å². The Labute approximate surface area is 67.6 Å². The highest BCUT2D eigenvalue weighted by molar-refractivity contribution is 5.66. The largest absolute Gasteiger partial charge is 0.481 e. The molecular formula is C8H17NO2. The zero-order chi connectivity index (χ0) is 8.69. The summed E-state index contributed by atoms with van der Waals surface area (Å²) in [6.07, 6.45) is 3.04. The Morgan fingerprint density at radius 1 is 1.55 bits per heavy atom. The first-order valence-corrected chi connectivity index (χ1v) is 4.08. The maximum atomic E-state index is 10.1. The minimum Gasteiger partial charge on any atom is -0.481 e. The van der Waals surface area contributed by atoms with Gasteiger partial charge in [0.15, 0.2) is 0 Å². The Balaban J connectivity index is 3.16. The van der Waals surface area contributed by atoms with E-state index in [1.807, 2.05) is 0 Å². The quantitative estimate of drug-likeness (QED) is 0.612. The second kappa shape index (κ2) is 6.16. The molecule has 1 atom stereocenters. The Bertz CT molecular complexity index is 115. The van der Waals surface area contributed by atoms with Crippen LogP contribution in [0.4, 0.5) is 0 Å². The van der Waals surface area contributed by atoms with Crippen molar-refractivity contribution >= 4 is 5.97 Å². The average molecular weight is 159 g/mol. The highest BCUT2D eigenvalue weighted by atomic mass is 16.4. The number of rotatable bonds is 6. The maximum Gasteiger partial charge on any atom is 0.303 e. The van der Waals surface area contributed by atoms with E-state index < -0.39 is 5.97 Å². The molecular weight excluding hydrogens is 142 g/mol.